The Morgan fingerprint density at radius 2 is 1.89 bits per heavy atom. The van der Waals surface area contributed by atoms with Crippen molar-refractivity contribution in [3.8, 4) is 0 Å². The summed E-state index contributed by atoms with van der Waals surface area (Å²) < 4.78 is 14.3. The van der Waals surface area contributed by atoms with E-state index < -0.39 is 6.17 Å². The molecular formula is C17H30FN. The normalized spacial score (nSPS) is 39.3. The van der Waals surface area contributed by atoms with Crippen molar-refractivity contribution in [2.24, 2.45) is 23.2 Å². The van der Waals surface area contributed by atoms with Crippen molar-refractivity contribution in [1.29, 1.82) is 0 Å². The molecule has 3 fully saturated rings. The van der Waals surface area contributed by atoms with Crippen LogP contribution >= 0.6 is 0 Å². The van der Waals surface area contributed by atoms with Crippen molar-refractivity contribution in [2.45, 2.75) is 71.5 Å². The number of nitrogens with zero attached hydrogens (tertiary/aromatic N) is 1. The molecule has 0 radical (unpaired) electrons. The summed E-state index contributed by atoms with van der Waals surface area (Å²) in [7, 11) is 0. The van der Waals surface area contributed by atoms with Gasteiger partial charge in [-0.15, -0.1) is 0 Å². The molecule has 110 valence electrons. The van der Waals surface area contributed by atoms with E-state index in [1.807, 2.05) is 0 Å². The van der Waals surface area contributed by atoms with Crippen LogP contribution in [-0.2, 0) is 0 Å². The Labute approximate surface area is 117 Å². The minimum absolute atomic E-state index is 0.256. The molecule has 0 aromatic heterocycles. The second-order valence-corrected chi connectivity index (χ2v) is 7.99. The van der Waals surface area contributed by atoms with Crippen LogP contribution in [0.1, 0.15) is 59.3 Å². The lowest BCUT2D eigenvalue weighted by molar-refractivity contribution is -0.140. The highest BCUT2D eigenvalue weighted by molar-refractivity contribution is 5.07. The summed E-state index contributed by atoms with van der Waals surface area (Å²) in [4.78, 5) is 2.47. The van der Waals surface area contributed by atoms with Crippen LogP contribution < -0.4 is 0 Å². The second kappa shape index (κ2) is 5.02. The van der Waals surface area contributed by atoms with Crippen LogP contribution in [0.25, 0.3) is 0 Å². The molecule has 1 nitrogen and oxygen atoms in total. The van der Waals surface area contributed by atoms with Crippen LogP contribution in [0, 0.1) is 23.2 Å². The van der Waals surface area contributed by atoms with Crippen molar-refractivity contribution in [1.82, 2.24) is 4.90 Å². The Morgan fingerprint density at radius 3 is 2.42 bits per heavy atom. The van der Waals surface area contributed by atoms with Crippen LogP contribution in [0.5, 0.6) is 0 Å². The van der Waals surface area contributed by atoms with Gasteiger partial charge in [-0.1, -0.05) is 27.2 Å². The summed E-state index contributed by atoms with van der Waals surface area (Å²) in [6.07, 6.45) is 6.58. The Bertz CT molecular complexity index is 313. The molecule has 3 rings (SSSR count). The lowest BCUT2D eigenvalue weighted by Crippen LogP contribution is -2.67. The number of likely N-dealkylation sites (tertiary alicyclic amines) is 1. The van der Waals surface area contributed by atoms with Gasteiger partial charge in [-0.25, -0.2) is 4.39 Å². The molecule has 0 aromatic rings. The van der Waals surface area contributed by atoms with Crippen LogP contribution in [0.2, 0.25) is 0 Å². The molecule has 1 aliphatic heterocycles. The average molecular weight is 267 g/mol. The second-order valence-electron chi connectivity index (χ2n) is 7.99. The number of alkyl halides is 1. The first-order valence-electron chi connectivity index (χ1n) is 8.41. The molecule has 1 saturated heterocycles. The summed E-state index contributed by atoms with van der Waals surface area (Å²) in [5, 5.41) is 0. The van der Waals surface area contributed by atoms with Crippen molar-refractivity contribution in [2.75, 3.05) is 13.1 Å². The molecular weight excluding hydrogens is 237 g/mol. The summed E-state index contributed by atoms with van der Waals surface area (Å²) in [5.74, 6) is 2.43. The SMILES string of the molecule is CCC1CCC(N2CC3(CC(C(C)C)C3)C2)C(F)C1. The van der Waals surface area contributed by atoms with Gasteiger partial charge < -0.3 is 0 Å². The van der Waals surface area contributed by atoms with Gasteiger partial charge in [0.1, 0.15) is 6.17 Å². The fourth-order valence-corrected chi connectivity index (χ4v) is 4.79. The molecule has 1 spiro atoms. The minimum atomic E-state index is -0.558. The van der Waals surface area contributed by atoms with Gasteiger partial charge in [0.15, 0.2) is 0 Å². The first-order chi connectivity index (χ1) is 9.03. The summed E-state index contributed by atoms with van der Waals surface area (Å²) in [5.41, 5.74) is 0.607. The van der Waals surface area contributed by atoms with Gasteiger partial charge in [0.05, 0.1) is 0 Å². The molecule has 2 saturated carbocycles. The molecule has 3 aliphatic rings. The highest BCUT2D eigenvalue weighted by Crippen LogP contribution is 2.55. The minimum Gasteiger partial charge on any atom is -0.296 e. The maximum absolute atomic E-state index is 14.3. The Hall–Kier alpha value is -0.110. The number of hydrogen-bond donors (Lipinski definition) is 0. The molecule has 0 aromatic carbocycles. The van der Waals surface area contributed by atoms with E-state index in [4.69, 9.17) is 0 Å². The fourth-order valence-electron chi connectivity index (χ4n) is 4.79. The third kappa shape index (κ3) is 2.46. The smallest absolute Gasteiger partial charge is 0.116 e. The van der Waals surface area contributed by atoms with E-state index in [0.29, 0.717) is 11.3 Å². The lowest BCUT2D eigenvalue weighted by Gasteiger charge is -2.63. The Morgan fingerprint density at radius 1 is 1.21 bits per heavy atom. The van der Waals surface area contributed by atoms with Crippen LogP contribution in [-0.4, -0.2) is 30.2 Å². The van der Waals surface area contributed by atoms with Crippen molar-refractivity contribution >= 4 is 0 Å². The quantitative estimate of drug-likeness (QED) is 0.738. The predicted octanol–water partition coefficient (Wildman–Crippen LogP) is 4.27. The summed E-state index contributed by atoms with van der Waals surface area (Å²) in [6.45, 7) is 9.28. The fraction of sp³-hybridized carbons (Fsp3) is 1.00. The van der Waals surface area contributed by atoms with E-state index in [1.54, 1.807) is 0 Å². The molecule has 0 bridgehead atoms. The van der Waals surface area contributed by atoms with E-state index >= 15 is 0 Å². The van der Waals surface area contributed by atoms with Crippen molar-refractivity contribution in [3.63, 3.8) is 0 Å². The van der Waals surface area contributed by atoms with Gasteiger partial charge in [-0.3, -0.25) is 4.90 Å². The van der Waals surface area contributed by atoms with Crippen LogP contribution in [0.15, 0.2) is 0 Å². The van der Waals surface area contributed by atoms with E-state index in [0.717, 1.165) is 31.1 Å². The van der Waals surface area contributed by atoms with E-state index in [1.165, 1.54) is 32.4 Å². The van der Waals surface area contributed by atoms with Gasteiger partial charge in [0.2, 0.25) is 0 Å². The topological polar surface area (TPSA) is 3.24 Å². The maximum Gasteiger partial charge on any atom is 0.116 e. The third-order valence-corrected chi connectivity index (χ3v) is 6.30. The lowest BCUT2D eigenvalue weighted by atomic mass is 9.54. The van der Waals surface area contributed by atoms with Crippen LogP contribution in [0.3, 0.4) is 0 Å². The summed E-state index contributed by atoms with van der Waals surface area (Å²) in [6, 6.07) is 0.256. The van der Waals surface area contributed by atoms with Gasteiger partial charge in [-0.05, 0) is 55.3 Å². The molecule has 2 aliphatic carbocycles. The van der Waals surface area contributed by atoms with E-state index in [9.17, 15) is 4.39 Å². The summed E-state index contributed by atoms with van der Waals surface area (Å²) >= 11 is 0. The highest BCUT2D eigenvalue weighted by atomic mass is 19.1. The van der Waals surface area contributed by atoms with Crippen molar-refractivity contribution < 1.29 is 4.39 Å². The third-order valence-electron chi connectivity index (χ3n) is 6.30. The molecule has 3 atom stereocenters. The van der Waals surface area contributed by atoms with Gasteiger partial charge >= 0.3 is 0 Å². The van der Waals surface area contributed by atoms with Crippen LogP contribution in [0.4, 0.5) is 4.39 Å². The van der Waals surface area contributed by atoms with E-state index in [-0.39, 0.29) is 6.04 Å². The first-order valence-corrected chi connectivity index (χ1v) is 8.41. The van der Waals surface area contributed by atoms with Gasteiger partial charge in [0, 0.05) is 19.1 Å². The number of hydrogen-bond acceptors (Lipinski definition) is 1. The zero-order chi connectivity index (χ0) is 13.6. The molecule has 19 heavy (non-hydrogen) atoms. The van der Waals surface area contributed by atoms with E-state index in [2.05, 4.69) is 25.7 Å². The average Bonchev–Trinajstić information content (AvgIpc) is 2.26. The monoisotopic (exact) mass is 267 g/mol. The zero-order valence-corrected chi connectivity index (χ0v) is 12.9. The Balaban J connectivity index is 1.47. The molecule has 2 heteroatoms. The first kappa shape index (κ1) is 13.9. The largest absolute Gasteiger partial charge is 0.296 e. The maximum atomic E-state index is 14.3. The zero-order valence-electron chi connectivity index (χ0n) is 12.9. The van der Waals surface area contributed by atoms with Gasteiger partial charge in [-0.2, -0.15) is 0 Å². The number of rotatable bonds is 3. The molecule has 3 unspecified atom stereocenters. The molecule has 0 N–H and O–H groups in total. The van der Waals surface area contributed by atoms with Crippen molar-refractivity contribution in [3.05, 3.63) is 0 Å². The van der Waals surface area contributed by atoms with Gasteiger partial charge in [0.25, 0.3) is 0 Å². The predicted molar refractivity (Wildman–Crippen MR) is 77.9 cm³/mol. The molecule has 0 amide bonds. The standard InChI is InChI=1S/C17H30FN/c1-4-13-5-6-16(15(18)7-13)19-10-17(11-19)8-14(9-17)12(2)3/h12-16H,4-11H2,1-3H3. The molecule has 1 heterocycles. The number of halogens is 1. The Kier molecular flexibility index (Phi) is 3.66. The highest BCUT2D eigenvalue weighted by Gasteiger charge is 2.55.